The molecule has 0 aliphatic rings. The third-order valence-corrected chi connectivity index (χ3v) is 2.17. The van der Waals surface area contributed by atoms with Gasteiger partial charge in [-0.15, -0.1) is 0 Å². The Kier molecular flexibility index (Phi) is 7.18. The predicted molar refractivity (Wildman–Crippen MR) is 67.1 cm³/mol. The molecular formula is C13H18O6. The molecule has 0 saturated carbocycles. The summed E-state index contributed by atoms with van der Waals surface area (Å²) in [6, 6.07) is 0. The molecule has 0 atom stereocenters. The molecule has 0 aromatic carbocycles. The maximum Gasteiger partial charge on any atom is 0.330 e. The second kappa shape index (κ2) is 8.07. The van der Waals surface area contributed by atoms with E-state index in [4.69, 9.17) is 14.2 Å². The van der Waals surface area contributed by atoms with Crippen molar-refractivity contribution in [2.45, 2.75) is 13.8 Å². The molecule has 6 nitrogen and oxygen atoms in total. The summed E-state index contributed by atoms with van der Waals surface area (Å²) in [5.41, 5.74) is -1.27. The molecule has 0 rings (SSSR count). The van der Waals surface area contributed by atoms with Gasteiger partial charge < -0.3 is 14.2 Å². The molecule has 6 heteroatoms. The van der Waals surface area contributed by atoms with E-state index < -0.39 is 23.3 Å². The van der Waals surface area contributed by atoms with Gasteiger partial charge in [0.25, 0.3) is 0 Å². The van der Waals surface area contributed by atoms with Crippen LogP contribution in [0.25, 0.3) is 0 Å². The number of carbonyl (C=O) groups is 3. The second-order valence-electron chi connectivity index (χ2n) is 3.90. The molecular weight excluding hydrogens is 252 g/mol. The summed E-state index contributed by atoms with van der Waals surface area (Å²) in [5, 5.41) is 0. The smallest absolute Gasteiger partial charge is 0.330 e. The number of hydrogen-bond donors (Lipinski definition) is 0. The summed E-state index contributed by atoms with van der Waals surface area (Å²) in [6.07, 6.45) is 1.95. The number of ether oxygens (including phenoxy) is 3. The van der Waals surface area contributed by atoms with Gasteiger partial charge in [0.05, 0.1) is 6.61 Å². The van der Waals surface area contributed by atoms with Crippen molar-refractivity contribution < 1.29 is 28.6 Å². The molecule has 0 saturated heterocycles. The van der Waals surface area contributed by atoms with Gasteiger partial charge in [0, 0.05) is 12.2 Å². The third kappa shape index (κ3) is 5.85. The van der Waals surface area contributed by atoms with E-state index in [2.05, 4.69) is 13.2 Å². The lowest BCUT2D eigenvalue weighted by molar-refractivity contribution is -0.167. The molecule has 106 valence electrons. The summed E-state index contributed by atoms with van der Waals surface area (Å²) in [5.74, 6) is -1.97. The van der Waals surface area contributed by atoms with Crippen molar-refractivity contribution in [1.82, 2.24) is 0 Å². The van der Waals surface area contributed by atoms with Crippen LogP contribution in [0.15, 0.2) is 25.3 Å². The van der Waals surface area contributed by atoms with E-state index in [1.54, 1.807) is 6.92 Å². The van der Waals surface area contributed by atoms with Crippen LogP contribution in [0.2, 0.25) is 0 Å². The van der Waals surface area contributed by atoms with Crippen LogP contribution in [0.1, 0.15) is 13.8 Å². The van der Waals surface area contributed by atoms with Crippen molar-refractivity contribution in [2.75, 3.05) is 19.8 Å². The molecule has 0 spiro atoms. The SMILES string of the molecule is C=CC(=O)OCC(C)(COC(=O)C=C)C(=O)OCC. The minimum Gasteiger partial charge on any atom is -0.465 e. The molecule has 0 aromatic rings. The maximum absolute atomic E-state index is 11.8. The summed E-state index contributed by atoms with van der Waals surface area (Å²) < 4.78 is 14.5. The number of hydrogen-bond acceptors (Lipinski definition) is 6. The lowest BCUT2D eigenvalue weighted by Crippen LogP contribution is -2.40. The van der Waals surface area contributed by atoms with E-state index in [-0.39, 0.29) is 19.8 Å². The van der Waals surface area contributed by atoms with Crippen LogP contribution in [0.4, 0.5) is 0 Å². The fraction of sp³-hybridized carbons (Fsp3) is 0.462. The highest BCUT2D eigenvalue weighted by molar-refractivity contribution is 5.83. The zero-order valence-corrected chi connectivity index (χ0v) is 11.1. The molecule has 19 heavy (non-hydrogen) atoms. The molecule has 0 heterocycles. The molecule has 0 aliphatic carbocycles. The van der Waals surface area contributed by atoms with Crippen LogP contribution in [0.5, 0.6) is 0 Å². The Balaban J connectivity index is 4.74. The Morgan fingerprint density at radius 2 is 1.42 bits per heavy atom. The Hall–Kier alpha value is -2.11. The van der Waals surface area contributed by atoms with E-state index in [1.165, 1.54) is 6.92 Å². The highest BCUT2D eigenvalue weighted by Crippen LogP contribution is 2.20. The van der Waals surface area contributed by atoms with Crippen LogP contribution >= 0.6 is 0 Å². The first kappa shape index (κ1) is 16.9. The van der Waals surface area contributed by atoms with Crippen molar-refractivity contribution in [3.05, 3.63) is 25.3 Å². The van der Waals surface area contributed by atoms with Crippen molar-refractivity contribution in [3.63, 3.8) is 0 Å². The first-order chi connectivity index (χ1) is 8.89. The minimum atomic E-state index is -1.27. The monoisotopic (exact) mass is 270 g/mol. The molecule has 0 aliphatic heterocycles. The molecule has 0 aromatic heterocycles. The Morgan fingerprint density at radius 3 is 1.74 bits per heavy atom. The van der Waals surface area contributed by atoms with E-state index in [0.717, 1.165) is 12.2 Å². The van der Waals surface area contributed by atoms with Gasteiger partial charge in [0.15, 0.2) is 0 Å². The fourth-order valence-corrected chi connectivity index (χ4v) is 1.04. The van der Waals surface area contributed by atoms with Crippen molar-refractivity contribution in [2.24, 2.45) is 5.41 Å². The molecule has 0 unspecified atom stereocenters. The molecule has 0 bridgehead atoms. The zero-order chi connectivity index (χ0) is 14.9. The van der Waals surface area contributed by atoms with Gasteiger partial charge in [-0.05, 0) is 13.8 Å². The van der Waals surface area contributed by atoms with Crippen molar-refractivity contribution in [1.29, 1.82) is 0 Å². The topological polar surface area (TPSA) is 78.9 Å². The third-order valence-electron chi connectivity index (χ3n) is 2.17. The standard InChI is InChI=1S/C13H18O6/c1-5-10(14)18-8-13(4,12(16)17-7-3)9-19-11(15)6-2/h5-6H,1-2,7-9H2,3-4H3. The van der Waals surface area contributed by atoms with Gasteiger partial charge in [-0.1, -0.05) is 13.2 Å². The largest absolute Gasteiger partial charge is 0.465 e. The van der Waals surface area contributed by atoms with Gasteiger partial charge in [0.2, 0.25) is 0 Å². The van der Waals surface area contributed by atoms with Gasteiger partial charge in [0.1, 0.15) is 18.6 Å². The highest BCUT2D eigenvalue weighted by atomic mass is 16.6. The van der Waals surface area contributed by atoms with E-state index in [0.29, 0.717) is 0 Å². The Bertz CT molecular complexity index is 347. The Labute approximate surface area is 112 Å². The molecule has 0 fully saturated rings. The lowest BCUT2D eigenvalue weighted by atomic mass is 9.93. The van der Waals surface area contributed by atoms with Crippen LogP contribution < -0.4 is 0 Å². The van der Waals surface area contributed by atoms with Crippen molar-refractivity contribution in [3.8, 4) is 0 Å². The first-order valence-electron chi connectivity index (χ1n) is 5.65. The first-order valence-corrected chi connectivity index (χ1v) is 5.65. The normalized spacial score (nSPS) is 10.2. The highest BCUT2D eigenvalue weighted by Gasteiger charge is 2.38. The van der Waals surface area contributed by atoms with E-state index in [9.17, 15) is 14.4 Å². The Morgan fingerprint density at radius 1 is 1.00 bits per heavy atom. The molecule has 0 radical (unpaired) electrons. The zero-order valence-electron chi connectivity index (χ0n) is 11.1. The summed E-state index contributed by atoms with van der Waals surface area (Å²) >= 11 is 0. The molecule has 0 amide bonds. The van der Waals surface area contributed by atoms with Crippen LogP contribution in [0, 0.1) is 5.41 Å². The predicted octanol–water partition coefficient (Wildman–Crippen LogP) is 1.01. The average molecular weight is 270 g/mol. The van der Waals surface area contributed by atoms with Crippen LogP contribution in [-0.4, -0.2) is 37.7 Å². The molecule has 0 N–H and O–H groups in total. The average Bonchev–Trinajstić information content (AvgIpc) is 2.42. The van der Waals surface area contributed by atoms with Gasteiger partial charge in [-0.3, -0.25) is 4.79 Å². The lowest BCUT2D eigenvalue weighted by Gasteiger charge is -2.25. The van der Waals surface area contributed by atoms with E-state index in [1.807, 2.05) is 0 Å². The second-order valence-corrected chi connectivity index (χ2v) is 3.90. The van der Waals surface area contributed by atoms with Gasteiger partial charge in [-0.2, -0.15) is 0 Å². The van der Waals surface area contributed by atoms with E-state index >= 15 is 0 Å². The fourth-order valence-electron chi connectivity index (χ4n) is 1.04. The number of carbonyl (C=O) groups excluding carboxylic acids is 3. The summed E-state index contributed by atoms with van der Waals surface area (Å²) in [6.45, 7) is 9.21. The quantitative estimate of drug-likeness (QED) is 0.372. The summed E-state index contributed by atoms with van der Waals surface area (Å²) in [7, 11) is 0. The van der Waals surface area contributed by atoms with Crippen LogP contribution in [-0.2, 0) is 28.6 Å². The maximum atomic E-state index is 11.8. The summed E-state index contributed by atoms with van der Waals surface area (Å²) in [4.78, 5) is 33.8. The number of rotatable bonds is 8. The number of esters is 3. The van der Waals surface area contributed by atoms with Crippen molar-refractivity contribution >= 4 is 17.9 Å². The van der Waals surface area contributed by atoms with Gasteiger partial charge >= 0.3 is 17.9 Å². The van der Waals surface area contributed by atoms with Gasteiger partial charge in [-0.25, -0.2) is 9.59 Å². The van der Waals surface area contributed by atoms with Crippen LogP contribution in [0.3, 0.4) is 0 Å². The minimum absolute atomic E-state index is 0.166.